The van der Waals surface area contributed by atoms with E-state index in [0.717, 1.165) is 18.4 Å². The van der Waals surface area contributed by atoms with Crippen LogP contribution in [0.25, 0.3) is 0 Å². The third-order valence-corrected chi connectivity index (χ3v) is 5.87. The molecule has 170 valence electrons. The maximum Gasteiger partial charge on any atom is 0.289 e. The number of nitrogens with one attached hydrogen (secondary N) is 1. The highest BCUT2D eigenvalue weighted by Gasteiger charge is 2.43. The molecule has 2 amide bonds. The number of hydrogen-bond acceptors (Lipinski definition) is 6. The molecule has 0 aliphatic carbocycles. The standard InChI is InChI=1S/C24H24FN5O3/c1-24(11-3-5-13-30(24)23(33)18-6-2-4-12-26-18)20-19(31)15-27-21(29-20)22(32)28-14-16-7-9-17(25)10-8-16/h2,4,6-10,12,15,31H,3,5,11,13-14H2,1H3,(H,28,32). The summed E-state index contributed by atoms with van der Waals surface area (Å²) in [5.41, 5.74) is 0.297. The predicted octanol–water partition coefficient (Wildman–Crippen LogP) is 3.19. The van der Waals surface area contributed by atoms with Gasteiger partial charge in [-0.3, -0.25) is 14.6 Å². The van der Waals surface area contributed by atoms with Gasteiger partial charge in [0.1, 0.15) is 17.2 Å². The molecule has 4 rings (SSSR count). The number of benzene rings is 1. The number of aromatic nitrogens is 3. The first-order valence-corrected chi connectivity index (χ1v) is 10.7. The van der Waals surface area contributed by atoms with Crippen molar-refractivity contribution in [3.63, 3.8) is 0 Å². The van der Waals surface area contributed by atoms with Gasteiger partial charge in [0.05, 0.1) is 11.7 Å². The molecule has 3 heterocycles. The summed E-state index contributed by atoms with van der Waals surface area (Å²) in [5.74, 6) is -1.47. The van der Waals surface area contributed by atoms with Crippen LogP contribution >= 0.6 is 0 Å². The van der Waals surface area contributed by atoms with Crippen molar-refractivity contribution in [3.8, 4) is 5.75 Å². The number of pyridine rings is 1. The summed E-state index contributed by atoms with van der Waals surface area (Å²) in [7, 11) is 0. The molecular weight excluding hydrogens is 425 g/mol. The van der Waals surface area contributed by atoms with Crippen LogP contribution < -0.4 is 5.32 Å². The zero-order chi connectivity index (χ0) is 23.4. The largest absolute Gasteiger partial charge is 0.504 e. The van der Waals surface area contributed by atoms with Crippen LogP contribution in [0.4, 0.5) is 4.39 Å². The summed E-state index contributed by atoms with van der Waals surface area (Å²) < 4.78 is 13.1. The number of amides is 2. The summed E-state index contributed by atoms with van der Waals surface area (Å²) in [5, 5.41) is 13.3. The van der Waals surface area contributed by atoms with Gasteiger partial charge in [0.2, 0.25) is 5.82 Å². The lowest BCUT2D eigenvalue weighted by molar-refractivity contribution is 0.0334. The normalized spacial score (nSPS) is 18.1. The lowest BCUT2D eigenvalue weighted by Gasteiger charge is -2.44. The fourth-order valence-corrected chi connectivity index (χ4v) is 4.07. The first-order chi connectivity index (χ1) is 15.9. The van der Waals surface area contributed by atoms with Gasteiger partial charge in [-0.05, 0) is 56.0 Å². The second-order valence-electron chi connectivity index (χ2n) is 8.14. The highest BCUT2D eigenvalue weighted by Crippen LogP contribution is 2.40. The monoisotopic (exact) mass is 449 g/mol. The zero-order valence-electron chi connectivity index (χ0n) is 18.2. The average molecular weight is 449 g/mol. The maximum atomic E-state index is 13.2. The Labute approximate surface area is 190 Å². The minimum absolute atomic E-state index is 0.123. The second kappa shape index (κ2) is 9.32. The molecule has 0 spiro atoms. The number of carbonyl (C=O) groups is 2. The number of rotatable bonds is 5. The first kappa shape index (κ1) is 22.3. The van der Waals surface area contributed by atoms with Crippen LogP contribution in [0.15, 0.2) is 54.9 Å². The molecule has 0 bridgehead atoms. The Balaban J connectivity index is 1.60. The molecule has 1 atom stereocenters. The molecule has 9 heteroatoms. The summed E-state index contributed by atoms with van der Waals surface area (Å²) in [6.45, 7) is 2.47. The Bertz CT molecular complexity index is 1160. The van der Waals surface area contributed by atoms with E-state index in [-0.39, 0.29) is 35.5 Å². The van der Waals surface area contributed by atoms with Crippen LogP contribution in [0.1, 0.15) is 58.6 Å². The van der Waals surface area contributed by atoms with Crippen molar-refractivity contribution in [3.05, 3.63) is 83.5 Å². The lowest BCUT2D eigenvalue weighted by Crippen LogP contribution is -2.51. The number of likely N-dealkylation sites (tertiary alicyclic amines) is 1. The van der Waals surface area contributed by atoms with Gasteiger partial charge in [-0.25, -0.2) is 14.4 Å². The number of piperidine rings is 1. The van der Waals surface area contributed by atoms with Gasteiger partial charge in [-0.1, -0.05) is 18.2 Å². The van der Waals surface area contributed by atoms with Gasteiger partial charge in [0.15, 0.2) is 5.75 Å². The van der Waals surface area contributed by atoms with Gasteiger partial charge in [-0.15, -0.1) is 0 Å². The molecule has 1 saturated heterocycles. The molecule has 0 radical (unpaired) electrons. The van der Waals surface area contributed by atoms with Crippen LogP contribution in [0.2, 0.25) is 0 Å². The molecule has 0 saturated carbocycles. The van der Waals surface area contributed by atoms with Crippen LogP contribution in [-0.4, -0.2) is 43.3 Å². The topological polar surface area (TPSA) is 108 Å². The van der Waals surface area contributed by atoms with Crippen molar-refractivity contribution in [1.82, 2.24) is 25.2 Å². The third-order valence-electron chi connectivity index (χ3n) is 5.87. The van der Waals surface area contributed by atoms with Crippen LogP contribution in [0, 0.1) is 5.82 Å². The number of aromatic hydroxyl groups is 1. The SMILES string of the molecule is CC1(c2nc(C(=O)NCc3ccc(F)cc3)ncc2O)CCCCN1C(=O)c1ccccn1. The predicted molar refractivity (Wildman–Crippen MR) is 118 cm³/mol. The number of nitrogens with zero attached hydrogens (tertiary/aromatic N) is 4. The van der Waals surface area contributed by atoms with Crippen molar-refractivity contribution < 1.29 is 19.1 Å². The molecule has 1 fully saturated rings. The van der Waals surface area contributed by atoms with Crippen LogP contribution in [0.3, 0.4) is 0 Å². The highest BCUT2D eigenvalue weighted by atomic mass is 19.1. The molecular formula is C24H24FN5O3. The molecule has 1 aliphatic rings. The van der Waals surface area contributed by atoms with Crippen LogP contribution in [-0.2, 0) is 12.1 Å². The fourth-order valence-electron chi connectivity index (χ4n) is 4.07. The van der Waals surface area contributed by atoms with Crippen molar-refractivity contribution in [1.29, 1.82) is 0 Å². The second-order valence-corrected chi connectivity index (χ2v) is 8.14. The summed E-state index contributed by atoms with van der Waals surface area (Å²) in [6, 6.07) is 10.9. The quantitative estimate of drug-likeness (QED) is 0.619. The van der Waals surface area contributed by atoms with E-state index in [0.29, 0.717) is 18.7 Å². The smallest absolute Gasteiger partial charge is 0.289 e. The summed E-state index contributed by atoms with van der Waals surface area (Å²) in [4.78, 5) is 40.1. The molecule has 3 aromatic rings. The van der Waals surface area contributed by atoms with E-state index in [1.165, 1.54) is 18.3 Å². The van der Waals surface area contributed by atoms with E-state index >= 15 is 0 Å². The minimum atomic E-state index is -0.939. The van der Waals surface area contributed by atoms with E-state index in [2.05, 4.69) is 20.3 Å². The minimum Gasteiger partial charge on any atom is -0.504 e. The lowest BCUT2D eigenvalue weighted by atomic mass is 9.84. The first-order valence-electron chi connectivity index (χ1n) is 10.7. The Kier molecular flexibility index (Phi) is 6.30. The molecule has 1 aromatic carbocycles. The Morgan fingerprint density at radius 3 is 2.67 bits per heavy atom. The highest BCUT2D eigenvalue weighted by molar-refractivity contribution is 5.93. The summed E-state index contributed by atoms with van der Waals surface area (Å²) >= 11 is 0. The third kappa shape index (κ3) is 4.67. The Morgan fingerprint density at radius 1 is 1.15 bits per heavy atom. The van der Waals surface area contributed by atoms with E-state index in [9.17, 15) is 19.1 Å². The van der Waals surface area contributed by atoms with Crippen molar-refractivity contribution in [2.75, 3.05) is 6.54 Å². The van der Waals surface area contributed by atoms with Gasteiger partial charge in [0.25, 0.3) is 11.8 Å². The van der Waals surface area contributed by atoms with Crippen molar-refractivity contribution in [2.24, 2.45) is 0 Å². The number of hydrogen-bond donors (Lipinski definition) is 2. The molecule has 1 aliphatic heterocycles. The zero-order valence-corrected chi connectivity index (χ0v) is 18.2. The van der Waals surface area contributed by atoms with Crippen LogP contribution in [0.5, 0.6) is 5.75 Å². The van der Waals surface area contributed by atoms with E-state index in [4.69, 9.17) is 0 Å². The molecule has 8 nitrogen and oxygen atoms in total. The summed E-state index contributed by atoms with van der Waals surface area (Å²) in [6.07, 6.45) is 4.94. The van der Waals surface area contributed by atoms with Crippen molar-refractivity contribution in [2.45, 2.75) is 38.3 Å². The number of carbonyl (C=O) groups excluding carboxylic acids is 2. The molecule has 1 unspecified atom stereocenters. The van der Waals surface area contributed by atoms with E-state index in [1.54, 1.807) is 41.4 Å². The fraction of sp³-hybridized carbons (Fsp3) is 0.292. The molecule has 2 aromatic heterocycles. The van der Waals surface area contributed by atoms with E-state index in [1.807, 2.05) is 6.92 Å². The Hall–Kier alpha value is -3.88. The van der Waals surface area contributed by atoms with E-state index < -0.39 is 11.4 Å². The number of halogens is 1. The average Bonchev–Trinajstić information content (AvgIpc) is 2.84. The van der Waals surface area contributed by atoms with Gasteiger partial charge in [-0.2, -0.15) is 0 Å². The molecule has 2 N–H and O–H groups in total. The van der Waals surface area contributed by atoms with Crippen molar-refractivity contribution >= 4 is 11.8 Å². The Morgan fingerprint density at radius 2 is 1.94 bits per heavy atom. The van der Waals surface area contributed by atoms with Gasteiger partial charge >= 0.3 is 0 Å². The maximum absolute atomic E-state index is 13.2. The molecule has 33 heavy (non-hydrogen) atoms. The van der Waals surface area contributed by atoms with Gasteiger partial charge in [0, 0.05) is 19.3 Å². The van der Waals surface area contributed by atoms with Gasteiger partial charge < -0.3 is 15.3 Å².